The van der Waals surface area contributed by atoms with Gasteiger partial charge in [0.15, 0.2) is 5.78 Å². The largest absolute Gasteiger partial charge is 0.497 e. The van der Waals surface area contributed by atoms with E-state index in [1.54, 1.807) is 49.7 Å². The highest BCUT2D eigenvalue weighted by atomic mass is 16.5. The second kappa shape index (κ2) is 5.21. The smallest absolute Gasteiger partial charge is 0.168 e. The molecule has 4 nitrogen and oxygen atoms in total. The highest BCUT2D eigenvalue weighted by Gasteiger charge is 2.07. The van der Waals surface area contributed by atoms with Crippen LogP contribution in [0.1, 0.15) is 16.1 Å². The van der Waals surface area contributed by atoms with E-state index in [0.717, 1.165) is 5.75 Å². The summed E-state index contributed by atoms with van der Waals surface area (Å²) in [6.45, 7) is 0. The molecule has 0 N–H and O–H groups in total. The van der Waals surface area contributed by atoms with E-state index >= 15 is 0 Å². The normalized spacial score (nSPS) is 9.94. The van der Waals surface area contributed by atoms with Gasteiger partial charge in [-0.25, -0.2) is 0 Å². The number of hydrogen-bond donors (Lipinski definition) is 0. The molecule has 86 valence electrons. The third-order valence-electron chi connectivity index (χ3n) is 2.38. The van der Waals surface area contributed by atoms with E-state index < -0.39 is 0 Å². The number of nitrogens with zero attached hydrogens (tertiary/aromatic N) is 2. The molecule has 17 heavy (non-hydrogen) atoms. The summed E-state index contributed by atoms with van der Waals surface area (Å²) in [5, 5.41) is 7.62. The molecule has 4 heteroatoms. The van der Waals surface area contributed by atoms with Crippen LogP contribution in [0, 0.1) is 0 Å². The van der Waals surface area contributed by atoms with Crippen LogP contribution < -0.4 is 4.74 Å². The molecule has 0 unspecified atom stereocenters. The summed E-state index contributed by atoms with van der Waals surface area (Å²) in [6.07, 6.45) is 1.85. The van der Waals surface area contributed by atoms with E-state index in [-0.39, 0.29) is 12.2 Å². The van der Waals surface area contributed by atoms with Gasteiger partial charge in [0.2, 0.25) is 0 Å². The monoisotopic (exact) mass is 228 g/mol. The molecule has 0 aliphatic carbocycles. The van der Waals surface area contributed by atoms with Crippen molar-refractivity contribution in [1.82, 2.24) is 10.2 Å². The van der Waals surface area contributed by atoms with Gasteiger partial charge in [0.05, 0.1) is 19.2 Å². The second-order valence-corrected chi connectivity index (χ2v) is 3.54. The zero-order valence-electron chi connectivity index (χ0n) is 9.46. The lowest BCUT2D eigenvalue weighted by molar-refractivity contribution is 0.0991. The molecule has 0 aliphatic rings. The van der Waals surface area contributed by atoms with E-state index in [0.29, 0.717) is 11.3 Å². The van der Waals surface area contributed by atoms with Gasteiger partial charge in [-0.3, -0.25) is 4.79 Å². The Morgan fingerprint density at radius 1 is 1.24 bits per heavy atom. The van der Waals surface area contributed by atoms with E-state index in [9.17, 15) is 4.79 Å². The first kappa shape index (κ1) is 11.3. The first-order chi connectivity index (χ1) is 8.29. The molecular formula is C13H12N2O2. The molecule has 2 rings (SSSR count). The predicted octanol–water partition coefficient (Wildman–Crippen LogP) is 1.91. The maximum atomic E-state index is 11.9. The molecule has 2 aromatic rings. The minimum atomic E-state index is 0.0214. The zero-order valence-corrected chi connectivity index (χ0v) is 9.46. The standard InChI is InChI=1S/C13H12N2O2/c1-17-12-6-4-10(5-7-12)13(16)9-11-3-2-8-14-15-11/h2-8H,9H2,1H3. The van der Waals surface area contributed by atoms with Gasteiger partial charge in [-0.1, -0.05) is 0 Å². The molecule has 1 aromatic heterocycles. The molecule has 0 spiro atoms. The zero-order chi connectivity index (χ0) is 12.1. The van der Waals surface area contributed by atoms with Crippen molar-refractivity contribution in [1.29, 1.82) is 0 Å². The molecule has 0 radical (unpaired) electrons. The van der Waals surface area contributed by atoms with Crippen LogP contribution in [-0.4, -0.2) is 23.1 Å². The van der Waals surface area contributed by atoms with E-state index in [4.69, 9.17) is 4.74 Å². The van der Waals surface area contributed by atoms with Crippen molar-refractivity contribution in [2.75, 3.05) is 7.11 Å². The number of carbonyl (C=O) groups excluding carboxylic acids is 1. The van der Waals surface area contributed by atoms with Gasteiger partial charge in [0.1, 0.15) is 5.75 Å². The summed E-state index contributed by atoms with van der Waals surface area (Å²) < 4.78 is 5.03. The van der Waals surface area contributed by atoms with E-state index in [1.807, 2.05) is 0 Å². The molecule has 0 atom stereocenters. The highest BCUT2D eigenvalue weighted by Crippen LogP contribution is 2.12. The van der Waals surface area contributed by atoms with Gasteiger partial charge in [0.25, 0.3) is 0 Å². The number of aromatic nitrogens is 2. The lowest BCUT2D eigenvalue weighted by Gasteiger charge is -2.02. The average molecular weight is 228 g/mol. The van der Waals surface area contributed by atoms with E-state index in [1.165, 1.54) is 0 Å². The second-order valence-electron chi connectivity index (χ2n) is 3.54. The Morgan fingerprint density at radius 3 is 2.59 bits per heavy atom. The van der Waals surface area contributed by atoms with Gasteiger partial charge in [-0.05, 0) is 36.4 Å². The minimum absolute atomic E-state index is 0.0214. The molecule has 1 heterocycles. The van der Waals surface area contributed by atoms with Gasteiger partial charge in [0, 0.05) is 11.8 Å². The summed E-state index contributed by atoms with van der Waals surface area (Å²) in [6, 6.07) is 10.6. The van der Waals surface area contributed by atoms with Crippen LogP contribution in [0.25, 0.3) is 0 Å². The van der Waals surface area contributed by atoms with Crippen LogP contribution in [0.4, 0.5) is 0 Å². The number of ketones is 1. The van der Waals surface area contributed by atoms with Crippen LogP contribution in [0.5, 0.6) is 5.75 Å². The molecular weight excluding hydrogens is 216 g/mol. The topological polar surface area (TPSA) is 52.1 Å². The van der Waals surface area contributed by atoms with Crippen LogP contribution in [-0.2, 0) is 6.42 Å². The molecule has 0 saturated carbocycles. The number of hydrogen-bond acceptors (Lipinski definition) is 4. The molecule has 0 fully saturated rings. The van der Waals surface area contributed by atoms with Crippen molar-refractivity contribution in [3.63, 3.8) is 0 Å². The Hall–Kier alpha value is -2.23. The Labute approximate surface area is 99.3 Å². The highest BCUT2D eigenvalue weighted by molar-refractivity contribution is 5.97. The number of rotatable bonds is 4. The number of carbonyl (C=O) groups is 1. The van der Waals surface area contributed by atoms with Crippen LogP contribution >= 0.6 is 0 Å². The van der Waals surface area contributed by atoms with Crippen LogP contribution in [0.15, 0.2) is 42.6 Å². The number of methoxy groups -OCH3 is 1. The molecule has 0 bridgehead atoms. The van der Waals surface area contributed by atoms with Crippen molar-refractivity contribution in [3.8, 4) is 5.75 Å². The minimum Gasteiger partial charge on any atom is -0.497 e. The first-order valence-corrected chi connectivity index (χ1v) is 5.23. The van der Waals surface area contributed by atoms with Crippen molar-refractivity contribution in [3.05, 3.63) is 53.9 Å². The van der Waals surface area contributed by atoms with Gasteiger partial charge >= 0.3 is 0 Å². The molecule has 0 aliphatic heterocycles. The Bertz CT molecular complexity index is 495. The van der Waals surface area contributed by atoms with E-state index in [2.05, 4.69) is 10.2 Å². The number of ether oxygens (including phenoxy) is 1. The van der Waals surface area contributed by atoms with Crippen LogP contribution in [0.2, 0.25) is 0 Å². The summed E-state index contributed by atoms with van der Waals surface area (Å²) in [5.41, 5.74) is 1.32. The maximum absolute atomic E-state index is 11.9. The molecule has 0 saturated heterocycles. The van der Waals surface area contributed by atoms with Crippen molar-refractivity contribution in [2.45, 2.75) is 6.42 Å². The average Bonchev–Trinajstić information content (AvgIpc) is 2.40. The Morgan fingerprint density at radius 2 is 2.00 bits per heavy atom. The Kier molecular flexibility index (Phi) is 3.45. The number of benzene rings is 1. The third-order valence-corrected chi connectivity index (χ3v) is 2.38. The first-order valence-electron chi connectivity index (χ1n) is 5.23. The van der Waals surface area contributed by atoms with Gasteiger partial charge in [-0.15, -0.1) is 0 Å². The molecule has 0 amide bonds. The maximum Gasteiger partial charge on any atom is 0.168 e. The van der Waals surface area contributed by atoms with Gasteiger partial charge < -0.3 is 4.74 Å². The van der Waals surface area contributed by atoms with Crippen molar-refractivity contribution < 1.29 is 9.53 Å². The summed E-state index contributed by atoms with van der Waals surface area (Å²) in [5.74, 6) is 0.759. The summed E-state index contributed by atoms with van der Waals surface area (Å²) >= 11 is 0. The molecule has 1 aromatic carbocycles. The summed E-state index contributed by atoms with van der Waals surface area (Å²) in [7, 11) is 1.59. The van der Waals surface area contributed by atoms with Crippen LogP contribution in [0.3, 0.4) is 0 Å². The Balaban J connectivity index is 2.09. The van der Waals surface area contributed by atoms with Gasteiger partial charge in [-0.2, -0.15) is 10.2 Å². The van der Waals surface area contributed by atoms with Crippen molar-refractivity contribution >= 4 is 5.78 Å². The quantitative estimate of drug-likeness (QED) is 0.750. The predicted molar refractivity (Wildman–Crippen MR) is 63.1 cm³/mol. The summed E-state index contributed by atoms with van der Waals surface area (Å²) in [4.78, 5) is 11.9. The fourth-order valence-corrected chi connectivity index (χ4v) is 1.47. The lowest BCUT2D eigenvalue weighted by atomic mass is 10.1. The number of Topliss-reactive ketones (excluding diaryl/α,β-unsaturated/α-hetero) is 1. The van der Waals surface area contributed by atoms with Crippen molar-refractivity contribution in [2.24, 2.45) is 0 Å². The fourth-order valence-electron chi connectivity index (χ4n) is 1.47. The fraction of sp³-hybridized carbons (Fsp3) is 0.154. The third kappa shape index (κ3) is 2.87. The lowest BCUT2D eigenvalue weighted by Crippen LogP contribution is -2.05. The SMILES string of the molecule is COc1ccc(C(=O)Cc2cccnn2)cc1.